The van der Waals surface area contributed by atoms with Crippen LogP contribution in [0.3, 0.4) is 0 Å². The fourth-order valence-corrected chi connectivity index (χ4v) is 9.20. The van der Waals surface area contributed by atoms with E-state index < -0.39 is 38.3 Å². The second-order valence-electron chi connectivity index (χ2n) is 14.0. The van der Waals surface area contributed by atoms with Gasteiger partial charge in [0.1, 0.15) is 29.4 Å². The highest BCUT2D eigenvalue weighted by Gasteiger charge is 2.45. The Morgan fingerprint density at radius 1 is 1.00 bits per heavy atom. The summed E-state index contributed by atoms with van der Waals surface area (Å²) in [6, 6.07) is 25.9. The number of carbonyl (C=O) groups is 1. The Balaban J connectivity index is 1.60. The van der Waals surface area contributed by atoms with Gasteiger partial charge in [-0.3, -0.25) is 9.36 Å². The predicted molar refractivity (Wildman–Crippen MR) is 231 cm³/mol. The number of benzene rings is 3. The SMILES string of the molecule is CN=CCCOP(OC1CC(n2cc(I)c(NC(C)=O)nc2=O)OC1COC(c1ccccc1)(c1ccc(OC)cc1)c1ccc(OC)cc1)N(C(C)C)C(C)C. The van der Waals surface area contributed by atoms with Gasteiger partial charge in [0.2, 0.25) is 5.91 Å². The maximum Gasteiger partial charge on any atom is 0.351 e. The molecule has 4 atom stereocenters. The van der Waals surface area contributed by atoms with Crippen molar-refractivity contribution in [2.75, 3.05) is 39.8 Å². The van der Waals surface area contributed by atoms with Crippen molar-refractivity contribution in [3.8, 4) is 11.5 Å². The monoisotopic (exact) mass is 913 g/mol. The number of anilines is 1. The molecule has 0 radical (unpaired) electrons. The summed E-state index contributed by atoms with van der Waals surface area (Å²) in [6.45, 7) is 10.3. The Labute approximate surface area is 350 Å². The molecule has 306 valence electrons. The number of ether oxygens (including phenoxy) is 4. The summed E-state index contributed by atoms with van der Waals surface area (Å²) in [6.07, 6.45) is 2.41. The third-order valence-corrected chi connectivity index (χ3v) is 12.4. The van der Waals surface area contributed by atoms with E-state index in [1.54, 1.807) is 27.5 Å². The number of rotatable bonds is 19. The zero-order chi connectivity index (χ0) is 41.1. The molecule has 1 amide bonds. The summed E-state index contributed by atoms with van der Waals surface area (Å²) in [5.74, 6) is 1.29. The first-order valence-corrected chi connectivity index (χ1v) is 21.1. The highest BCUT2D eigenvalue weighted by atomic mass is 127. The molecular weight excluding hydrogens is 860 g/mol. The van der Waals surface area contributed by atoms with Crippen molar-refractivity contribution in [2.24, 2.45) is 4.99 Å². The van der Waals surface area contributed by atoms with Crippen molar-refractivity contribution in [1.82, 2.24) is 14.2 Å². The standard InChI is InChI=1S/C42H53IN5O8P/c1-28(2)48(29(3)4)57(54-24-12-23-44-6)56-37-25-39(47-26-36(43)40(45-30(5)49)46-41(47)50)55-38(37)27-53-42(31-13-10-9-11-14-31,32-15-19-34(51-7)20-16-32)33-17-21-35(52-8)22-18-33/h9-11,13-23,26,28-29,37-39H,12,24-25,27H2,1-8H3,(H,45,46,49,50). The van der Waals surface area contributed by atoms with Crippen LogP contribution in [0.15, 0.2) is 94.8 Å². The minimum atomic E-state index is -1.60. The average molecular weight is 914 g/mol. The van der Waals surface area contributed by atoms with E-state index >= 15 is 0 Å². The van der Waals surface area contributed by atoms with Crippen LogP contribution in [-0.2, 0) is 28.9 Å². The van der Waals surface area contributed by atoms with Gasteiger partial charge in [-0.25, -0.2) is 9.46 Å². The van der Waals surface area contributed by atoms with E-state index in [0.29, 0.717) is 34.5 Å². The maximum atomic E-state index is 13.5. The number of methoxy groups -OCH3 is 2. The highest BCUT2D eigenvalue weighted by Crippen LogP contribution is 2.50. The second-order valence-corrected chi connectivity index (χ2v) is 16.6. The van der Waals surface area contributed by atoms with Gasteiger partial charge in [-0.1, -0.05) is 54.6 Å². The molecule has 1 fully saturated rings. The highest BCUT2D eigenvalue weighted by molar-refractivity contribution is 14.1. The Kier molecular flexibility index (Phi) is 16.2. The lowest BCUT2D eigenvalue weighted by atomic mass is 9.80. The van der Waals surface area contributed by atoms with Gasteiger partial charge in [-0.2, -0.15) is 4.98 Å². The van der Waals surface area contributed by atoms with Crippen molar-refractivity contribution in [1.29, 1.82) is 0 Å². The van der Waals surface area contributed by atoms with Gasteiger partial charge >= 0.3 is 5.69 Å². The first kappa shape index (κ1) is 44.3. The van der Waals surface area contributed by atoms with Crippen LogP contribution in [0.25, 0.3) is 0 Å². The van der Waals surface area contributed by atoms with Crippen LogP contribution in [0.2, 0.25) is 0 Å². The molecule has 1 aliphatic rings. The van der Waals surface area contributed by atoms with Crippen LogP contribution in [0.5, 0.6) is 11.5 Å². The molecule has 15 heteroatoms. The summed E-state index contributed by atoms with van der Waals surface area (Å²) in [5.41, 5.74) is 0.934. The smallest absolute Gasteiger partial charge is 0.351 e. The quantitative estimate of drug-likeness (QED) is 0.0325. The minimum Gasteiger partial charge on any atom is -0.497 e. The van der Waals surface area contributed by atoms with Crippen molar-refractivity contribution in [2.45, 2.75) is 83.6 Å². The maximum absolute atomic E-state index is 13.5. The molecular formula is C42H53IN5O8P. The molecule has 1 saturated heterocycles. The largest absolute Gasteiger partial charge is 0.497 e. The van der Waals surface area contributed by atoms with Crippen LogP contribution in [0.4, 0.5) is 5.82 Å². The molecule has 0 spiro atoms. The molecule has 5 rings (SSSR count). The van der Waals surface area contributed by atoms with Gasteiger partial charge in [-0.15, -0.1) is 0 Å². The zero-order valence-corrected chi connectivity index (χ0v) is 36.8. The van der Waals surface area contributed by atoms with E-state index in [2.05, 4.69) is 70.2 Å². The Morgan fingerprint density at radius 2 is 1.58 bits per heavy atom. The van der Waals surface area contributed by atoms with Crippen LogP contribution in [-0.4, -0.2) is 85.1 Å². The number of hydrogen-bond acceptors (Lipinski definition) is 11. The lowest BCUT2D eigenvalue weighted by Gasteiger charge is -2.39. The fraction of sp³-hybridized carbons (Fsp3) is 0.429. The molecule has 4 aromatic rings. The first-order chi connectivity index (χ1) is 27.4. The summed E-state index contributed by atoms with van der Waals surface area (Å²) in [5, 5.41) is 2.63. The molecule has 1 aliphatic heterocycles. The molecule has 57 heavy (non-hydrogen) atoms. The van der Waals surface area contributed by atoms with Crippen LogP contribution in [0, 0.1) is 3.57 Å². The number of carbonyl (C=O) groups excluding carboxylic acids is 1. The molecule has 2 heterocycles. The van der Waals surface area contributed by atoms with Gasteiger partial charge in [0, 0.05) is 51.3 Å². The van der Waals surface area contributed by atoms with Crippen LogP contribution < -0.4 is 20.5 Å². The molecule has 0 aliphatic carbocycles. The first-order valence-electron chi connectivity index (χ1n) is 18.9. The van der Waals surface area contributed by atoms with E-state index in [1.807, 2.05) is 85.1 Å². The van der Waals surface area contributed by atoms with Crippen molar-refractivity contribution in [3.63, 3.8) is 0 Å². The summed E-state index contributed by atoms with van der Waals surface area (Å²) in [7, 11) is 3.41. The Hall–Kier alpha value is -3.76. The van der Waals surface area contributed by atoms with E-state index in [9.17, 15) is 9.59 Å². The van der Waals surface area contributed by atoms with E-state index in [1.165, 1.54) is 11.5 Å². The number of aromatic nitrogens is 2. The normalized spacial score (nSPS) is 17.8. The zero-order valence-electron chi connectivity index (χ0n) is 33.8. The topological polar surface area (TPSA) is 135 Å². The van der Waals surface area contributed by atoms with Crippen LogP contribution >= 0.6 is 31.1 Å². The number of hydrogen-bond donors (Lipinski definition) is 1. The Morgan fingerprint density at radius 3 is 2.11 bits per heavy atom. The molecule has 4 unspecified atom stereocenters. The molecule has 1 N–H and O–H groups in total. The fourth-order valence-electron chi connectivity index (χ4n) is 6.87. The van der Waals surface area contributed by atoms with Gasteiger partial charge in [-0.05, 0) is 91.2 Å². The van der Waals surface area contributed by atoms with Gasteiger partial charge in [0.25, 0.3) is 8.53 Å². The van der Waals surface area contributed by atoms with Crippen molar-refractivity contribution < 1.29 is 32.8 Å². The number of nitrogens with one attached hydrogen (secondary N) is 1. The predicted octanol–water partition coefficient (Wildman–Crippen LogP) is 7.96. The number of halogens is 1. The third-order valence-electron chi connectivity index (χ3n) is 9.43. The third kappa shape index (κ3) is 10.8. The number of aliphatic imine (C=N–C) groups is 1. The second kappa shape index (κ2) is 20.8. The van der Waals surface area contributed by atoms with Gasteiger partial charge in [0.05, 0.1) is 37.1 Å². The van der Waals surface area contributed by atoms with Gasteiger partial charge in [0.15, 0.2) is 5.82 Å². The van der Waals surface area contributed by atoms with Crippen LogP contribution in [0.1, 0.15) is 70.4 Å². The molecule has 0 saturated carbocycles. The average Bonchev–Trinajstić information content (AvgIpc) is 3.60. The van der Waals surface area contributed by atoms with Gasteiger partial charge < -0.3 is 38.3 Å². The lowest BCUT2D eigenvalue weighted by Crippen LogP contribution is -2.39. The summed E-state index contributed by atoms with van der Waals surface area (Å²) >= 11 is 2.05. The number of amides is 1. The lowest BCUT2D eigenvalue weighted by molar-refractivity contribution is -0.114. The van der Waals surface area contributed by atoms with Crippen molar-refractivity contribution in [3.05, 3.63) is 116 Å². The van der Waals surface area contributed by atoms with E-state index in [0.717, 1.165) is 16.7 Å². The van der Waals surface area contributed by atoms with E-state index in [4.69, 9.17) is 28.0 Å². The summed E-state index contributed by atoms with van der Waals surface area (Å²) < 4.78 is 43.0. The molecule has 0 bridgehead atoms. The molecule has 1 aromatic heterocycles. The van der Waals surface area contributed by atoms with E-state index in [-0.39, 0.29) is 30.4 Å². The minimum absolute atomic E-state index is 0.0619. The number of nitrogens with zero attached hydrogens (tertiary/aromatic N) is 4. The summed E-state index contributed by atoms with van der Waals surface area (Å²) in [4.78, 5) is 33.7. The molecule has 3 aromatic carbocycles. The molecule has 13 nitrogen and oxygen atoms in total. The van der Waals surface area contributed by atoms with Crippen molar-refractivity contribution >= 4 is 49.1 Å². The Bertz CT molecular complexity index is 1930.